The number of anilines is 3. The highest BCUT2D eigenvalue weighted by Gasteiger charge is 2.24. The maximum Gasteiger partial charge on any atom is 0.0789 e. The summed E-state index contributed by atoms with van der Waals surface area (Å²) in [4.78, 5) is 7.77. The molecule has 0 radical (unpaired) electrons. The van der Waals surface area contributed by atoms with Gasteiger partial charge in [-0.15, -0.1) is 11.3 Å². The Morgan fingerprint density at radius 1 is 0.477 bits per heavy atom. The molecule has 0 aliphatic rings. The van der Waals surface area contributed by atoms with E-state index < -0.39 is 0 Å². The molecule has 0 atom stereocenters. The molecule has 0 unspecified atom stereocenters. The van der Waals surface area contributed by atoms with E-state index >= 15 is 0 Å². The molecule has 0 amide bonds. The molecular weight excluding hydrogens is 553 g/mol. The van der Waals surface area contributed by atoms with Gasteiger partial charge in [-0.05, 0) is 41.8 Å². The van der Waals surface area contributed by atoms with Crippen LogP contribution in [0.15, 0.2) is 158 Å². The molecule has 0 aliphatic carbocycles. The van der Waals surface area contributed by atoms with E-state index in [1.165, 1.54) is 41.7 Å². The quantitative estimate of drug-likeness (QED) is 0.193. The first kappa shape index (κ1) is 25.0. The van der Waals surface area contributed by atoms with Gasteiger partial charge in [-0.2, -0.15) is 0 Å². The molecule has 0 saturated heterocycles. The average molecular weight is 579 g/mol. The average Bonchev–Trinajstić information content (AvgIpc) is 3.49. The Hall–Kier alpha value is -5.51. The third-order valence-corrected chi connectivity index (χ3v) is 9.79. The molecule has 0 spiro atoms. The second kappa shape index (κ2) is 10.0. The largest absolute Gasteiger partial charge is 0.308 e. The Labute approximate surface area is 259 Å². The fraction of sp³-hybridized carbons (Fsp3) is 0. The zero-order valence-electron chi connectivity index (χ0n) is 23.8. The van der Waals surface area contributed by atoms with Gasteiger partial charge >= 0.3 is 0 Å². The predicted octanol–water partition coefficient (Wildman–Crippen LogP) is 12.0. The maximum absolute atomic E-state index is 5.33. The summed E-state index contributed by atoms with van der Waals surface area (Å²) in [7, 11) is 0. The first-order valence-corrected chi connectivity index (χ1v) is 15.7. The first-order valence-electron chi connectivity index (χ1n) is 14.9. The molecule has 0 saturated carbocycles. The van der Waals surface area contributed by atoms with Crippen LogP contribution < -0.4 is 4.90 Å². The highest BCUT2D eigenvalue weighted by molar-refractivity contribution is 7.26. The molecule has 0 bridgehead atoms. The summed E-state index contributed by atoms with van der Waals surface area (Å²) in [5.41, 5.74) is 6.57. The summed E-state index contributed by atoms with van der Waals surface area (Å²) >= 11 is 1.87. The van der Waals surface area contributed by atoms with Crippen LogP contribution >= 0.6 is 11.3 Å². The molecule has 0 aliphatic heterocycles. The third-order valence-electron chi connectivity index (χ3n) is 8.60. The zero-order valence-corrected chi connectivity index (χ0v) is 24.6. The lowest BCUT2D eigenvalue weighted by Crippen LogP contribution is -2.11. The minimum atomic E-state index is 1.00. The SMILES string of the molecule is c1ccc(-c2nc3ccccc3c3c2cc(N(c2ccccc2)c2cccc4ccccc24)c2sc4ccccc4c23)cc1. The predicted molar refractivity (Wildman–Crippen MR) is 190 cm³/mol. The summed E-state index contributed by atoms with van der Waals surface area (Å²) in [6.45, 7) is 0. The van der Waals surface area contributed by atoms with Crippen molar-refractivity contribution in [3.63, 3.8) is 0 Å². The lowest BCUT2D eigenvalue weighted by Gasteiger charge is -2.28. The highest BCUT2D eigenvalue weighted by atomic mass is 32.1. The van der Waals surface area contributed by atoms with Crippen molar-refractivity contribution in [1.29, 1.82) is 0 Å². The number of rotatable bonds is 4. The lowest BCUT2D eigenvalue weighted by molar-refractivity contribution is 1.32. The van der Waals surface area contributed by atoms with Crippen molar-refractivity contribution in [2.75, 3.05) is 4.90 Å². The summed E-state index contributed by atoms with van der Waals surface area (Å²) < 4.78 is 2.55. The van der Waals surface area contributed by atoms with Crippen LogP contribution in [0.1, 0.15) is 0 Å². The molecule has 0 fully saturated rings. The van der Waals surface area contributed by atoms with E-state index in [1.54, 1.807) is 0 Å². The number of benzene rings is 7. The highest BCUT2D eigenvalue weighted by Crippen LogP contribution is 2.51. The number of hydrogen-bond acceptors (Lipinski definition) is 3. The number of thiophene rings is 1. The normalized spacial score (nSPS) is 11.6. The van der Waals surface area contributed by atoms with Crippen molar-refractivity contribution in [1.82, 2.24) is 4.98 Å². The van der Waals surface area contributed by atoms with Crippen LogP contribution in [-0.2, 0) is 0 Å². The van der Waals surface area contributed by atoms with E-state index in [1.807, 2.05) is 11.3 Å². The van der Waals surface area contributed by atoms with Crippen LogP contribution in [0.2, 0.25) is 0 Å². The molecular formula is C41H26N2S. The van der Waals surface area contributed by atoms with Gasteiger partial charge in [0.15, 0.2) is 0 Å². The molecule has 44 heavy (non-hydrogen) atoms. The summed E-state index contributed by atoms with van der Waals surface area (Å²) in [5, 5.41) is 8.60. The number of fused-ring (bicyclic) bond motifs is 8. The second-order valence-electron chi connectivity index (χ2n) is 11.1. The Kier molecular flexibility index (Phi) is 5.71. The Morgan fingerprint density at radius 3 is 1.98 bits per heavy atom. The van der Waals surface area contributed by atoms with Gasteiger partial charge in [-0.1, -0.05) is 121 Å². The zero-order chi connectivity index (χ0) is 29.0. The van der Waals surface area contributed by atoms with Crippen LogP contribution in [0.4, 0.5) is 17.1 Å². The third kappa shape index (κ3) is 3.83. The molecule has 9 rings (SSSR count). The molecule has 7 aromatic carbocycles. The number of pyridine rings is 1. The van der Waals surface area contributed by atoms with Crippen LogP contribution in [0.25, 0.3) is 63.9 Å². The Bertz CT molecular complexity index is 2490. The van der Waals surface area contributed by atoms with Gasteiger partial charge in [0.2, 0.25) is 0 Å². The van der Waals surface area contributed by atoms with Crippen molar-refractivity contribution in [2.24, 2.45) is 0 Å². The van der Waals surface area contributed by atoms with Gasteiger partial charge in [-0.3, -0.25) is 0 Å². The van der Waals surface area contributed by atoms with Crippen molar-refractivity contribution in [3.05, 3.63) is 158 Å². The number of para-hydroxylation sites is 2. The number of hydrogen-bond donors (Lipinski definition) is 0. The van der Waals surface area contributed by atoms with Crippen molar-refractivity contribution in [3.8, 4) is 11.3 Å². The van der Waals surface area contributed by atoms with Crippen LogP contribution in [0.3, 0.4) is 0 Å². The molecule has 3 heteroatoms. The number of aromatic nitrogens is 1. The van der Waals surface area contributed by atoms with Gasteiger partial charge in [0, 0.05) is 48.3 Å². The summed E-state index contributed by atoms with van der Waals surface area (Å²) in [6, 6.07) is 56.5. The minimum absolute atomic E-state index is 1.00. The summed E-state index contributed by atoms with van der Waals surface area (Å²) in [6.07, 6.45) is 0. The van der Waals surface area contributed by atoms with Gasteiger partial charge in [0.05, 0.1) is 27.3 Å². The molecule has 2 aromatic heterocycles. The molecule has 2 nitrogen and oxygen atoms in total. The van der Waals surface area contributed by atoms with E-state index in [0.717, 1.165) is 39.2 Å². The van der Waals surface area contributed by atoms with Crippen molar-refractivity contribution < 1.29 is 0 Å². The van der Waals surface area contributed by atoms with E-state index in [4.69, 9.17) is 4.98 Å². The monoisotopic (exact) mass is 578 g/mol. The topological polar surface area (TPSA) is 16.1 Å². The van der Waals surface area contributed by atoms with E-state index in [2.05, 4.69) is 163 Å². The second-order valence-corrected chi connectivity index (χ2v) is 12.2. The molecule has 206 valence electrons. The van der Waals surface area contributed by atoms with Crippen LogP contribution in [0.5, 0.6) is 0 Å². The first-order chi connectivity index (χ1) is 21.8. The minimum Gasteiger partial charge on any atom is -0.308 e. The number of nitrogens with zero attached hydrogens (tertiary/aromatic N) is 2. The lowest BCUT2D eigenvalue weighted by atomic mass is 9.95. The van der Waals surface area contributed by atoms with Crippen molar-refractivity contribution in [2.45, 2.75) is 0 Å². The smallest absolute Gasteiger partial charge is 0.0789 e. The molecule has 0 N–H and O–H groups in total. The van der Waals surface area contributed by atoms with Crippen LogP contribution in [-0.4, -0.2) is 4.98 Å². The fourth-order valence-electron chi connectivity index (χ4n) is 6.68. The van der Waals surface area contributed by atoms with E-state index in [0.29, 0.717) is 0 Å². The van der Waals surface area contributed by atoms with E-state index in [9.17, 15) is 0 Å². The maximum atomic E-state index is 5.33. The molecule has 2 heterocycles. The van der Waals surface area contributed by atoms with Gasteiger partial charge in [-0.25, -0.2) is 4.98 Å². The fourth-order valence-corrected chi connectivity index (χ4v) is 7.90. The standard InChI is InChI=1S/C41H26N2S/c1-3-15-28(16-4-1)40-33-26-36(43(29-18-5-2-6-19-29)35-24-13-17-27-14-7-8-20-30(27)35)41-39(32-22-10-12-25-37(32)44-41)38(33)31-21-9-11-23-34(31)42-40/h1-26H. The summed E-state index contributed by atoms with van der Waals surface area (Å²) in [5.74, 6) is 0. The van der Waals surface area contributed by atoms with Gasteiger partial charge < -0.3 is 4.90 Å². The Morgan fingerprint density at radius 2 is 1.14 bits per heavy atom. The van der Waals surface area contributed by atoms with Gasteiger partial charge in [0.1, 0.15) is 0 Å². The Balaban J connectivity index is 1.52. The van der Waals surface area contributed by atoms with E-state index in [-0.39, 0.29) is 0 Å². The van der Waals surface area contributed by atoms with Crippen molar-refractivity contribution >= 4 is 81.0 Å². The van der Waals surface area contributed by atoms with Crippen LogP contribution in [0, 0.1) is 0 Å². The van der Waals surface area contributed by atoms with Gasteiger partial charge in [0.25, 0.3) is 0 Å². The molecule has 9 aromatic rings.